The van der Waals surface area contributed by atoms with Gasteiger partial charge in [-0.1, -0.05) is 18.2 Å². The molecule has 0 radical (unpaired) electrons. The number of fused-ring (bicyclic) bond motifs is 1. The minimum Gasteiger partial charge on any atom is -0.478 e. The van der Waals surface area contributed by atoms with Crippen LogP contribution < -0.4 is 0 Å². The molecule has 0 atom stereocenters. The van der Waals surface area contributed by atoms with Gasteiger partial charge >= 0.3 is 5.97 Å². The third-order valence-corrected chi connectivity index (χ3v) is 3.01. The van der Waals surface area contributed by atoms with Crippen molar-refractivity contribution in [3.8, 4) is 11.4 Å². The summed E-state index contributed by atoms with van der Waals surface area (Å²) in [6, 6.07) is 6.90. The predicted molar refractivity (Wildman–Crippen MR) is 60.7 cm³/mol. The number of hydrogen-bond acceptors (Lipinski definition) is 3. The highest BCUT2D eigenvalue weighted by Crippen LogP contribution is 2.26. The Morgan fingerprint density at radius 2 is 2.12 bits per heavy atom. The van der Waals surface area contributed by atoms with Gasteiger partial charge in [0.15, 0.2) is 5.82 Å². The smallest absolute Gasteiger partial charge is 0.336 e. The first-order valence-corrected chi connectivity index (χ1v) is 5.52. The molecule has 17 heavy (non-hydrogen) atoms. The fourth-order valence-corrected chi connectivity index (χ4v) is 2.21. The summed E-state index contributed by atoms with van der Waals surface area (Å²) >= 11 is 0. The number of aryl methyl sites for hydroxylation is 1. The molecule has 1 N–H and O–H groups in total. The van der Waals surface area contributed by atoms with Crippen LogP contribution in [0.5, 0.6) is 0 Å². The SMILES string of the molecule is O=C(O)c1ccccc1-c1nnc2n1CCC2. The van der Waals surface area contributed by atoms with Crippen LogP contribution in [0.15, 0.2) is 24.3 Å². The maximum Gasteiger partial charge on any atom is 0.336 e. The fraction of sp³-hybridized carbons (Fsp3) is 0.250. The van der Waals surface area contributed by atoms with E-state index in [0.717, 1.165) is 25.2 Å². The quantitative estimate of drug-likeness (QED) is 0.849. The lowest BCUT2D eigenvalue weighted by atomic mass is 10.1. The molecule has 1 aromatic carbocycles. The van der Waals surface area contributed by atoms with E-state index < -0.39 is 5.97 Å². The molecule has 2 aromatic rings. The first-order valence-electron chi connectivity index (χ1n) is 5.52. The molecule has 3 rings (SSSR count). The summed E-state index contributed by atoms with van der Waals surface area (Å²) in [7, 11) is 0. The molecule has 1 aromatic heterocycles. The van der Waals surface area contributed by atoms with Crippen LogP contribution in [0.4, 0.5) is 0 Å². The number of carboxylic acid groups (broad SMARTS) is 1. The van der Waals surface area contributed by atoms with Gasteiger partial charge in [0, 0.05) is 18.5 Å². The Balaban J connectivity index is 2.18. The van der Waals surface area contributed by atoms with Crippen LogP contribution in [0.1, 0.15) is 22.6 Å². The maximum atomic E-state index is 11.2. The molecule has 5 heteroatoms. The van der Waals surface area contributed by atoms with Crippen LogP contribution in [0.3, 0.4) is 0 Å². The van der Waals surface area contributed by atoms with Gasteiger partial charge in [-0.2, -0.15) is 0 Å². The Hall–Kier alpha value is -2.17. The molecule has 0 bridgehead atoms. The molecule has 86 valence electrons. The Bertz CT molecular complexity index is 589. The number of benzene rings is 1. The van der Waals surface area contributed by atoms with Gasteiger partial charge in [0.2, 0.25) is 0 Å². The number of rotatable bonds is 2. The average Bonchev–Trinajstić information content (AvgIpc) is 2.90. The van der Waals surface area contributed by atoms with E-state index in [1.54, 1.807) is 18.2 Å². The van der Waals surface area contributed by atoms with Crippen LogP contribution in [0, 0.1) is 0 Å². The lowest BCUT2D eigenvalue weighted by Gasteiger charge is -2.05. The van der Waals surface area contributed by atoms with Crippen molar-refractivity contribution >= 4 is 5.97 Å². The largest absolute Gasteiger partial charge is 0.478 e. The standard InChI is InChI=1S/C12H11N3O2/c16-12(17)9-5-2-1-4-8(9)11-14-13-10-6-3-7-15(10)11/h1-2,4-5H,3,6-7H2,(H,16,17). The summed E-state index contributed by atoms with van der Waals surface area (Å²) in [4.78, 5) is 11.2. The Morgan fingerprint density at radius 3 is 2.94 bits per heavy atom. The summed E-state index contributed by atoms with van der Waals surface area (Å²) in [5.41, 5.74) is 0.912. The highest BCUT2D eigenvalue weighted by atomic mass is 16.4. The Labute approximate surface area is 97.7 Å². The first-order chi connectivity index (χ1) is 8.27. The van der Waals surface area contributed by atoms with Crippen molar-refractivity contribution in [3.05, 3.63) is 35.7 Å². The van der Waals surface area contributed by atoms with Crippen molar-refractivity contribution in [1.82, 2.24) is 14.8 Å². The van der Waals surface area contributed by atoms with Crippen molar-refractivity contribution in [3.63, 3.8) is 0 Å². The number of nitrogens with zero attached hydrogens (tertiary/aromatic N) is 3. The van der Waals surface area contributed by atoms with Gasteiger partial charge in [-0.05, 0) is 12.5 Å². The molecule has 0 fully saturated rings. The minimum atomic E-state index is -0.934. The Morgan fingerprint density at radius 1 is 1.29 bits per heavy atom. The number of hydrogen-bond donors (Lipinski definition) is 1. The monoisotopic (exact) mass is 229 g/mol. The van der Waals surface area contributed by atoms with E-state index in [9.17, 15) is 4.79 Å². The molecular weight excluding hydrogens is 218 g/mol. The highest BCUT2D eigenvalue weighted by molar-refractivity contribution is 5.94. The molecule has 0 aliphatic carbocycles. The fourth-order valence-electron chi connectivity index (χ4n) is 2.21. The topological polar surface area (TPSA) is 68.0 Å². The van der Waals surface area contributed by atoms with Crippen molar-refractivity contribution in [2.24, 2.45) is 0 Å². The molecule has 0 saturated heterocycles. The van der Waals surface area contributed by atoms with E-state index in [2.05, 4.69) is 10.2 Å². The Kier molecular flexibility index (Phi) is 2.18. The zero-order valence-corrected chi connectivity index (χ0v) is 9.13. The predicted octanol–water partition coefficient (Wildman–Crippen LogP) is 1.59. The summed E-state index contributed by atoms with van der Waals surface area (Å²) in [6.07, 6.45) is 1.97. The summed E-state index contributed by atoms with van der Waals surface area (Å²) < 4.78 is 2.00. The van der Waals surface area contributed by atoms with Gasteiger partial charge < -0.3 is 9.67 Å². The van der Waals surface area contributed by atoms with Crippen LogP contribution in [-0.4, -0.2) is 25.8 Å². The van der Waals surface area contributed by atoms with Crippen LogP contribution in [0.2, 0.25) is 0 Å². The first kappa shape index (κ1) is 10.0. The molecule has 5 nitrogen and oxygen atoms in total. The van der Waals surface area contributed by atoms with Crippen molar-refractivity contribution in [2.45, 2.75) is 19.4 Å². The molecule has 2 heterocycles. The molecule has 0 amide bonds. The molecule has 1 aliphatic heterocycles. The van der Waals surface area contributed by atoms with Crippen LogP contribution in [-0.2, 0) is 13.0 Å². The zero-order chi connectivity index (χ0) is 11.8. The molecule has 0 unspecified atom stereocenters. The van der Waals surface area contributed by atoms with E-state index in [0.29, 0.717) is 11.4 Å². The maximum absolute atomic E-state index is 11.2. The van der Waals surface area contributed by atoms with Gasteiger partial charge in [0.05, 0.1) is 5.56 Å². The van der Waals surface area contributed by atoms with E-state index in [-0.39, 0.29) is 5.56 Å². The van der Waals surface area contributed by atoms with E-state index >= 15 is 0 Å². The van der Waals surface area contributed by atoms with Crippen molar-refractivity contribution in [2.75, 3.05) is 0 Å². The lowest BCUT2D eigenvalue weighted by Crippen LogP contribution is -2.03. The van der Waals surface area contributed by atoms with E-state index in [1.807, 2.05) is 10.6 Å². The number of aromatic nitrogens is 3. The number of carbonyl (C=O) groups is 1. The lowest BCUT2D eigenvalue weighted by molar-refractivity contribution is 0.0697. The second-order valence-electron chi connectivity index (χ2n) is 4.05. The van der Waals surface area contributed by atoms with Crippen molar-refractivity contribution < 1.29 is 9.90 Å². The summed E-state index contributed by atoms with van der Waals surface area (Å²) in [5.74, 6) is 0.673. The van der Waals surface area contributed by atoms with E-state index in [4.69, 9.17) is 5.11 Å². The summed E-state index contributed by atoms with van der Waals surface area (Å²) in [5, 5.41) is 17.3. The van der Waals surface area contributed by atoms with Gasteiger partial charge in [-0.25, -0.2) is 4.79 Å². The second kappa shape index (κ2) is 3.69. The van der Waals surface area contributed by atoms with E-state index in [1.165, 1.54) is 0 Å². The zero-order valence-electron chi connectivity index (χ0n) is 9.13. The summed E-state index contributed by atoms with van der Waals surface area (Å²) in [6.45, 7) is 0.867. The number of carboxylic acids is 1. The highest BCUT2D eigenvalue weighted by Gasteiger charge is 2.21. The normalized spacial score (nSPS) is 13.6. The van der Waals surface area contributed by atoms with Gasteiger partial charge in [-0.3, -0.25) is 0 Å². The van der Waals surface area contributed by atoms with Crippen LogP contribution >= 0.6 is 0 Å². The molecule has 0 spiro atoms. The third kappa shape index (κ3) is 1.51. The number of aromatic carboxylic acids is 1. The van der Waals surface area contributed by atoms with Gasteiger partial charge in [0.1, 0.15) is 5.82 Å². The van der Waals surface area contributed by atoms with Gasteiger partial charge in [0.25, 0.3) is 0 Å². The molecule has 0 saturated carbocycles. The third-order valence-electron chi connectivity index (χ3n) is 3.01. The van der Waals surface area contributed by atoms with Gasteiger partial charge in [-0.15, -0.1) is 10.2 Å². The minimum absolute atomic E-state index is 0.273. The van der Waals surface area contributed by atoms with Crippen molar-refractivity contribution in [1.29, 1.82) is 0 Å². The second-order valence-corrected chi connectivity index (χ2v) is 4.05. The molecular formula is C12H11N3O2. The van der Waals surface area contributed by atoms with Crippen LogP contribution in [0.25, 0.3) is 11.4 Å². The average molecular weight is 229 g/mol. The molecule has 1 aliphatic rings.